The number of hydrogen-bond donors (Lipinski definition) is 1. The molecule has 6 heteroatoms. The van der Waals surface area contributed by atoms with E-state index in [2.05, 4.69) is 15.3 Å². The molecule has 1 aromatic heterocycles. The van der Waals surface area contributed by atoms with Gasteiger partial charge in [-0.1, -0.05) is 12.1 Å². The molecule has 0 aliphatic rings. The largest absolute Gasteiger partial charge is 0.323 e. The summed E-state index contributed by atoms with van der Waals surface area (Å²) in [4.78, 5) is 14.0. The zero-order chi connectivity index (χ0) is 15.9. The first-order chi connectivity index (χ1) is 10.5. The number of amides is 1. The van der Waals surface area contributed by atoms with Crippen molar-refractivity contribution in [2.24, 2.45) is 0 Å². The normalized spacial score (nSPS) is 10.9. The van der Waals surface area contributed by atoms with Crippen LogP contribution >= 0.6 is 0 Å². The number of nitrogens with one attached hydrogen (secondary N) is 1. The summed E-state index contributed by atoms with van der Waals surface area (Å²) in [6, 6.07) is 6.20. The first-order valence-corrected chi connectivity index (χ1v) is 7.24. The van der Waals surface area contributed by atoms with Crippen LogP contribution in [0.1, 0.15) is 12.0 Å². The number of carbonyl (C=O) groups is 1. The standard InChI is InChI=1S/C16H21FN4O/c1-20(2)9-10-21-12-15(11-18-21)19-16(22)8-5-13-3-6-14(17)7-4-13/h3-4,6-7,11-12H,5,8-10H2,1-2H3,(H,19,22). The first kappa shape index (κ1) is 16.2. The molecular weight excluding hydrogens is 283 g/mol. The predicted molar refractivity (Wildman–Crippen MR) is 84.1 cm³/mol. The van der Waals surface area contributed by atoms with Gasteiger partial charge in [0.15, 0.2) is 0 Å². The quantitative estimate of drug-likeness (QED) is 0.853. The number of aromatic nitrogens is 2. The van der Waals surface area contributed by atoms with Crippen molar-refractivity contribution in [2.75, 3.05) is 26.0 Å². The average Bonchev–Trinajstić information content (AvgIpc) is 2.92. The monoisotopic (exact) mass is 304 g/mol. The van der Waals surface area contributed by atoms with Gasteiger partial charge in [0, 0.05) is 19.2 Å². The lowest BCUT2D eigenvalue weighted by molar-refractivity contribution is -0.116. The molecule has 0 fully saturated rings. The lowest BCUT2D eigenvalue weighted by atomic mass is 10.1. The number of aryl methyl sites for hydroxylation is 1. The number of hydrogen-bond acceptors (Lipinski definition) is 3. The molecule has 0 saturated heterocycles. The predicted octanol–water partition coefficient (Wildman–Crippen LogP) is 2.16. The lowest BCUT2D eigenvalue weighted by Crippen LogP contribution is -2.18. The van der Waals surface area contributed by atoms with Crippen molar-refractivity contribution >= 4 is 11.6 Å². The molecule has 0 spiro atoms. The molecule has 0 bridgehead atoms. The van der Waals surface area contributed by atoms with E-state index in [1.54, 1.807) is 23.0 Å². The summed E-state index contributed by atoms with van der Waals surface area (Å²) in [5, 5.41) is 7.02. The maximum atomic E-state index is 12.8. The Balaban J connectivity index is 1.78. The van der Waals surface area contributed by atoms with E-state index in [0.717, 1.165) is 18.7 Å². The Bertz CT molecular complexity index is 607. The van der Waals surface area contributed by atoms with Gasteiger partial charge in [0.1, 0.15) is 5.82 Å². The summed E-state index contributed by atoms with van der Waals surface area (Å²) in [5.74, 6) is -0.338. The van der Waals surface area contributed by atoms with E-state index in [1.807, 2.05) is 20.3 Å². The van der Waals surface area contributed by atoms with Gasteiger partial charge in [0.05, 0.1) is 18.4 Å². The van der Waals surface area contributed by atoms with Gasteiger partial charge in [0.25, 0.3) is 0 Å². The molecule has 0 aliphatic heterocycles. The number of carbonyl (C=O) groups excluding carboxylic acids is 1. The highest BCUT2D eigenvalue weighted by Gasteiger charge is 2.05. The Kier molecular flexibility index (Phi) is 5.66. The molecule has 22 heavy (non-hydrogen) atoms. The van der Waals surface area contributed by atoms with Crippen LogP contribution in [0.25, 0.3) is 0 Å². The summed E-state index contributed by atoms with van der Waals surface area (Å²) in [6.45, 7) is 1.66. The fraction of sp³-hybridized carbons (Fsp3) is 0.375. The van der Waals surface area contributed by atoms with Crippen LogP contribution in [0.4, 0.5) is 10.1 Å². The third-order valence-corrected chi connectivity index (χ3v) is 3.25. The highest BCUT2D eigenvalue weighted by atomic mass is 19.1. The molecule has 0 unspecified atom stereocenters. The number of nitrogens with zero attached hydrogens (tertiary/aromatic N) is 3. The van der Waals surface area contributed by atoms with Crippen LogP contribution < -0.4 is 5.32 Å². The Labute approximate surface area is 129 Å². The number of likely N-dealkylation sites (N-methyl/N-ethyl adjacent to an activating group) is 1. The van der Waals surface area contributed by atoms with Crippen LogP contribution in [0.5, 0.6) is 0 Å². The Morgan fingerprint density at radius 2 is 2.05 bits per heavy atom. The van der Waals surface area contributed by atoms with E-state index < -0.39 is 0 Å². The van der Waals surface area contributed by atoms with Crippen LogP contribution in [0, 0.1) is 5.82 Å². The molecule has 1 N–H and O–H groups in total. The summed E-state index contributed by atoms with van der Waals surface area (Å²) in [6.07, 6.45) is 4.40. The van der Waals surface area contributed by atoms with Crippen molar-refractivity contribution in [3.8, 4) is 0 Å². The van der Waals surface area contributed by atoms with Crippen molar-refractivity contribution in [2.45, 2.75) is 19.4 Å². The molecule has 2 aromatic rings. The van der Waals surface area contributed by atoms with Crippen LogP contribution in [0.2, 0.25) is 0 Å². The highest BCUT2D eigenvalue weighted by Crippen LogP contribution is 2.09. The van der Waals surface area contributed by atoms with Gasteiger partial charge in [0.2, 0.25) is 5.91 Å². The number of rotatable bonds is 7. The number of halogens is 1. The zero-order valence-electron chi connectivity index (χ0n) is 12.9. The molecule has 0 aliphatic carbocycles. The molecule has 1 heterocycles. The number of benzene rings is 1. The molecule has 5 nitrogen and oxygen atoms in total. The second kappa shape index (κ2) is 7.70. The molecule has 1 aromatic carbocycles. The van der Waals surface area contributed by atoms with E-state index in [-0.39, 0.29) is 11.7 Å². The van der Waals surface area contributed by atoms with Crippen molar-refractivity contribution < 1.29 is 9.18 Å². The Hall–Kier alpha value is -2.21. The van der Waals surface area contributed by atoms with Crippen LogP contribution in [0.3, 0.4) is 0 Å². The Morgan fingerprint density at radius 1 is 1.32 bits per heavy atom. The van der Waals surface area contributed by atoms with Gasteiger partial charge >= 0.3 is 0 Å². The average molecular weight is 304 g/mol. The molecule has 118 valence electrons. The minimum absolute atomic E-state index is 0.0727. The fourth-order valence-corrected chi connectivity index (χ4v) is 1.99. The SMILES string of the molecule is CN(C)CCn1cc(NC(=O)CCc2ccc(F)cc2)cn1. The summed E-state index contributed by atoms with van der Waals surface area (Å²) >= 11 is 0. The topological polar surface area (TPSA) is 50.2 Å². The van der Waals surface area contributed by atoms with Crippen molar-refractivity contribution in [3.63, 3.8) is 0 Å². The maximum Gasteiger partial charge on any atom is 0.224 e. The van der Waals surface area contributed by atoms with Crippen LogP contribution in [-0.2, 0) is 17.8 Å². The van der Waals surface area contributed by atoms with E-state index in [4.69, 9.17) is 0 Å². The third kappa shape index (κ3) is 5.29. The summed E-state index contributed by atoms with van der Waals surface area (Å²) < 4.78 is 14.6. The molecule has 0 radical (unpaired) electrons. The minimum Gasteiger partial charge on any atom is -0.323 e. The highest BCUT2D eigenvalue weighted by molar-refractivity contribution is 5.90. The van der Waals surface area contributed by atoms with Gasteiger partial charge in [-0.05, 0) is 38.2 Å². The zero-order valence-corrected chi connectivity index (χ0v) is 12.9. The molecular formula is C16H21FN4O. The maximum absolute atomic E-state index is 12.8. The lowest BCUT2D eigenvalue weighted by Gasteiger charge is -2.08. The molecule has 0 saturated carbocycles. The van der Waals surface area contributed by atoms with Gasteiger partial charge in [-0.2, -0.15) is 5.10 Å². The molecule has 0 atom stereocenters. The van der Waals surface area contributed by atoms with Gasteiger partial charge in [-0.3, -0.25) is 9.48 Å². The van der Waals surface area contributed by atoms with Gasteiger partial charge < -0.3 is 10.2 Å². The smallest absolute Gasteiger partial charge is 0.224 e. The second-order valence-electron chi connectivity index (χ2n) is 5.47. The van der Waals surface area contributed by atoms with Crippen LogP contribution in [0.15, 0.2) is 36.7 Å². The third-order valence-electron chi connectivity index (χ3n) is 3.25. The van der Waals surface area contributed by atoms with Crippen molar-refractivity contribution in [1.29, 1.82) is 0 Å². The minimum atomic E-state index is -0.265. The van der Waals surface area contributed by atoms with Crippen molar-refractivity contribution in [3.05, 3.63) is 48.0 Å². The number of anilines is 1. The second-order valence-corrected chi connectivity index (χ2v) is 5.47. The molecule has 1 amide bonds. The van der Waals surface area contributed by atoms with Crippen LogP contribution in [-0.4, -0.2) is 41.2 Å². The summed E-state index contributed by atoms with van der Waals surface area (Å²) in [5.41, 5.74) is 1.64. The van der Waals surface area contributed by atoms with Gasteiger partial charge in [-0.15, -0.1) is 0 Å². The van der Waals surface area contributed by atoms with E-state index >= 15 is 0 Å². The molecule has 2 rings (SSSR count). The van der Waals surface area contributed by atoms with Gasteiger partial charge in [-0.25, -0.2) is 4.39 Å². The van der Waals surface area contributed by atoms with E-state index in [1.165, 1.54) is 12.1 Å². The Morgan fingerprint density at radius 3 is 2.73 bits per heavy atom. The fourth-order valence-electron chi connectivity index (χ4n) is 1.99. The first-order valence-electron chi connectivity index (χ1n) is 7.24. The van der Waals surface area contributed by atoms with E-state index in [9.17, 15) is 9.18 Å². The summed E-state index contributed by atoms with van der Waals surface area (Å²) in [7, 11) is 4.00. The van der Waals surface area contributed by atoms with Crippen molar-refractivity contribution in [1.82, 2.24) is 14.7 Å². The van der Waals surface area contributed by atoms with E-state index in [0.29, 0.717) is 18.5 Å².